The number of carbonyl (C=O) groups is 1. The maximum atomic E-state index is 12.6. The average molecular weight is 376 g/mol. The van der Waals surface area contributed by atoms with Gasteiger partial charge in [0.15, 0.2) is 0 Å². The maximum absolute atomic E-state index is 12.6. The van der Waals surface area contributed by atoms with Gasteiger partial charge in [0.2, 0.25) is 5.91 Å². The molecule has 0 aliphatic carbocycles. The standard InChI is InChI=1S/C22H24N4O2/c1-16-19-6-2-3-7-20(19)22(28)26(24-16)15-21(27)23-14-17-8-10-18(11-9-17)25-12-4-5-13-25/h2-3,6-11H,4-5,12-15H2,1H3,(H,23,27). The number of rotatable bonds is 5. The van der Waals surface area contributed by atoms with E-state index in [1.165, 1.54) is 23.2 Å². The van der Waals surface area contributed by atoms with Gasteiger partial charge in [-0.05, 0) is 43.5 Å². The summed E-state index contributed by atoms with van der Waals surface area (Å²) in [4.78, 5) is 27.3. The van der Waals surface area contributed by atoms with Crippen molar-refractivity contribution in [2.45, 2.75) is 32.9 Å². The molecule has 0 unspecified atom stereocenters. The maximum Gasteiger partial charge on any atom is 0.275 e. The number of aromatic nitrogens is 2. The van der Waals surface area contributed by atoms with Crippen LogP contribution in [0.3, 0.4) is 0 Å². The van der Waals surface area contributed by atoms with Crippen molar-refractivity contribution in [2.75, 3.05) is 18.0 Å². The largest absolute Gasteiger partial charge is 0.372 e. The molecule has 1 aromatic heterocycles. The molecule has 1 N–H and O–H groups in total. The minimum Gasteiger partial charge on any atom is -0.372 e. The van der Waals surface area contributed by atoms with E-state index >= 15 is 0 Å². The molecule has 1 saturated heterocycles. The fraction of sp³-hybridized carbons (Fsp3) is 0.318. The van der Waals surface area contributed by atoms with Gasteiger partial charge in [-0.15, -0.1) is 0 Å². The zero-order chi connectivity index (χ0) is 19.5. The predicted octanol–water partition coefficient (Wildman–Crippen LogP) is 2.62. The van der Waals surface area contributed by atoms with Gasteiger partial charge >= 0.3 is 0 Å². The van der Waals surface area contributed by atoms with Crippen LogP contribution >= 0.6 is 0 Å². The fourth-order valence-corrected chi connectivity index (χ4v) is 3.70. The summed E-state index contributed by atoms with van der Waals surface area (Å²) in [6.07, 6.45) is 2.50. The molecule has 1 amide bonds. The molecule has 1 fully saturated rings. The number of benzene rings is 2. The van der Waals surface area contributed by atoms with Crippen molar-refractivity contribution in [1.29, 1.82) is 0 Å². The molecule has 1 aliphatic rings. The third-order valence-corrected chi connectivity index (χ3v) is 5.24. The average Bonchev–Trinajstić information content (AvgIpc) is 3.26. The fourth-order valence-electron chi connectivity index (χ4n) is 3.70. The Labute approximate surface area is 163 Å². The van der Waals surface area contributed by atoms with Gasteiger partial charge in [-0.25, -0.2) is 4.68 Å². The smallest absolute Gasteiger partial charge is 0.275 e. The number of anilines is 1. The first-order chi connectivity index (χ1) is 13.6. The first kappa shape index (κ1) is 18.2. The Morgan fingerprint density at radius 2 is 1.71 bits per heavy atom. The van der Waals surface area contributed by atoms with Crippen LogP contribution in [-0.2, 0) is 17.9 Å². The molecule has 0 bridgehead atoms. The summed E-state index contributed by atoms with van der Waals surface area (Å²) in [6, 6.07) is 15.6. The summed E-state index contributed by atoms with van der Waals surface area (Å²) in [5.74, 6) is -0.229. The lowest BCUT2D eigenvalue weighted by molar-refractivity contribution is -0.122. The van der Waals surface area contributed by atoms with E-state index in [1.54, 1.807) is 6.07 Å². The van der Waals surface area contributed by atoms with Crippen LogP contribution in [-0.4, -0.2) is 28.8 Å². The van der Waals surface area contributed by atoms with Crippen LogP contribution in [0.2, 0.25) is 0 Å². The second-order valence-corrected chi connectivity index (χ2v) is 7.23. The molecular formula is C22H24N4O2. The predicted molar refractivity (Wildman–Crippen MR) is 110 cm³/mol. The second kappa shape index (κ2) is 7.84. The van der Waals surface area contributed by atoms with Crippen LogP contribution in [0, 0.1) is 6.92 Å². The molecule has 1 aliphatic heterocycles. The van der Waals surface area contributed by atoms with Gasteiger partial charge in [0.1, 0.15) is 6.54 Å². The van der Waals surface area contributed by atoms with Crippen molar-refractivity contribution in [3.8, 4) is 0 Å². The van der Waals surface area contributed by atoms with Crippen LogP contribution in [0.25, 0.3) is 10.8 Å². The molecule has 0 radical (unpaired) electrons. The molecule has 0 atom stereocenters. The van der Waals surface area contributed by atoms with Crippen molar-refractivity contribution >= 4 is 22.4 Å². The Morgan fingerprint density at radius 1 is 1.04 bits per heavy atom. The molecule has 28 heavy (non-hydrogen) atoms. The van der Waals surface area contributed by atoms with Crippen LogP contribution in [0.15, 0.2) is 53.3 Å². The first-order valence-electron chi connectivity index (χ1n) is 9.69. The molecular weight excluding hydrogens is 352 g/mol. The Balaban J connectivity index is 1.40. The molecule has 0 saturated carbocycles. The van der Waals surface area contributed by atoms with Crippen LogP contribution in [0.1, 0.15) is 24.1 Å². The van der Waals surface area contributed by atoms with Gasteiger partial charge in [0.25, 0.3) is 5.56 Å². The SMILES string of the molecule is Cc1nn(CC(=O)NCc2ccc(N3CCCC3)cc2)c(=O)c2ccccc12. The molecule has 3 aromatic rings. The van der Waals surface area contributed by atoms with Gasteiger partial charge in [-0.1, -0.05) is 30.3 Å². The highest BCUT2D eigenvalue weighted by molar-refractivity contribution is 5.83. The number of fused-ring (bicyclic) bond motifs is 1. The van der Waals surface area contributed by atoms with Gasteiger partial charge in [-0.2, -0.15) is 5.10 Å². The third kappa shape index (κ3) is 3.76. The topological polar surface area (TPSA) is 67.2 Å². The van der Waals surface area contributed by atoms with E-state index in [9.17, 15) is 9.59 Å². The molecule has 6 heteroatoms. The minimum absolute atomic E-state index is 0.0869. The van der Waals surface area contributed by atoms with Crippen molar-refractivity contribution in [3.05, 3.63) is 70.1 Å². The molecule has 4 rings (SSSR count). The number of nitrogens with zero attached hydrogens (tertiary/aromatic N) is 3. The third-order valence-electron chi connectivity index (χ3n) is 5.24. The van der Waals surface area contributed by atoms with E-state index in [4.69, 9.17) is 0 Å². The molecule has 6 nitrogen and oxygen atoms in total. The molecule has 2 heterocycles. The number of hydrogen-bond acceptors (Lipinski definition) is 4. The summed E-state index contributed by atoms with van der Waals surface area (Å²) >= 11 is 0. The van der Waals surface area contributed by atoms with Crippen molar-refractivity contribution in [2.24, 2.45) is 0 Å². The lowest BCUT2D eigenvalue weighted by Crippen LogP contribution is -2.33. The van der Waals surface area contributed by atoms with Crippen LogP contribution in [0.5, 0.6) is 0 Å². The van der Waals surface area contributed by atoms with Gasteiger partial charge in [-0.3, -0.25) is 9.59 Å². The van der Waals surface area contributed by atoms with Gasteiger partial charge < -0.3 is 10.2 Å². The van der Waals surface area contributed by atoms with E-state index < -0.39 is 0 Å². The summed E-state index contributed by atoms with van der Waals surface area (Å²) in [7, 11) is 0. The summed E-state index contributed by atoms with van der Waals surface area (Å²) in [5.41, 5.74) is 2.76. The number of nitrogens with one attached hydrogen (secondary N) is 1. The number of carbonyl (C=O) groups excluding carboxylic acids is 1. The highest BCUT2D eigenvalue weighted by atomic mass is 16.2. The highest BCUT2D eigenvalue weighted by Gasteiger charge is 2.13. The lowest BCUT2D eigenvalue weighted by Gasteiger charge is -2.17. The van der Waals surface area contributed by atoms with Crippen molar-refractivity contribution in [3.63, 3.8) is 0 Å². The van der Waals surface area contributed by atoms with Crippen molar-refractivity contribution in [1.82, 2.24) is 15.1 Å². The number of amides is 1. The van der Waals surface area contributed by atoms with Crippen LogP contribution in [0.4, 0.5) is 5.69 Å². The Bertz CT molecular complexity index is 1050. The second-order valence-electron chi connectivity index (χ2n) is 7.23. The van der Waals surface area contributed by atoms with Crippen LogP contribution < -0.4 is 15.8 Å². The Morgan fingerprint density at radius 3 is 2.43 bits per heavy atom. The normalized spacial score (nSPS) is 13.8. The number of aryl methyl sites for hydroxylation is 1. The molecule has 144 valence electrons. The van der Waals surface area contributed by atoms with E-state index in [1.807, 2.05) is 37.3 Å². The zero-order valence-corrected chi connectivity index (χ0v) is 16.0. The minimum atomic E-state index is -0.244. The Kier molecular flexibility index (Phi) is 5.10. The van der Waals surface area contributed by atoms with E-state index in [2.05, 4.69) is 27.4 Å². The lowest BCUT2D eigenvalue weighted by atomic mass is 10.1. The van der Waals surface area contributed by atoms with Crippen molar-refractivity contribution < 1.29 is 4.79 Å². The summed E-state index contributed by atoms with van der Waals surface area (Å²) in [5, 5.41) is 8.57. The summed E-state index contributed by atoms with van der Waals surface area (Å²) in [6.45, 7) is 4.42. The molecule has 2 aromatic carbocycles. The highest BCUT2D eigenvalue weighted by Crippen LogP contribution is 2.20. The molecule has 0 spiro atoms. The first-order valence-corrected chi connectivity index (χ1v) is 9.69. The van der Waals surface area contributed by atoms with E-state index in [-0.39, 0.29) is 18.0 Å². The monoisotopic (exact) mass is 376 g/mol. The Hall–Kier alpha value is -3.15. The zero-order valence-electron chi connectivity index (χ0n) is 16.0. The summed E-state index contributed by atoms with van der Waals surface area (Å²) < 4.78 is 1.24. The van der Waals surface area contributed by atoms with E-state index in [0.717, 1.165) is 29.7 Å². The van der Waals surface area contributed by atoms with E-state index in [0.29, 0.717) is 11.9 Å². The van der Waals surface area contributed by atoms with Gasteiger partial charge in [0, 0.05) is 30.7 Å². The quantitative estimate of drug-likeness (QED) is 0.743. The number of hydrogen-bond donors (Lipinski definition) is 1. The van der Waals surface area contributed by atoms with Gasteiger partial charge in [0.05, 0.1) is 11.1 Å².